The van der Waals surface area contributed by atoms with Gasteiger partial charge in [-0.1, -0.05) is 0 Å². The Kier molecular flexibility index (Phi) is 4.56. The number of aromatic nitrogens is 3. The van der Waals surface area contributed by atoms with Gasteiger partial charge in [-0.15, -0.1) is 22.6 Å². The van der Waals surface area contributed by atoms with Gasteiger partial charge in [-0.3, -0.25) is 0 Å². The normalized spacial score (nSPS) is 8.09. The average molecular weight is 192 g/mol. The van der Waals surface area contributed by atoms with Crippen molar-refractivity contribution in [3.63, 3.8) is 0 Å². The molecule has 0 spiro atoms. The van der Waals surface area contributed by atoms with Crippen LogP contribution in [0.2, 0.25) is 0 Å². The van der Waals surface area contributed by atoms with E-state index in [1.165, 1.54) is 12.4 Å². The Morgan fingerprint density at radius 2 is 2.00 bits per heavy atom. The molecule has 0 bridgehead atoms. The van der Waals surface area contributed by atoms with Crippen molar-refractivity contribution in [2.45, 2.75) is 6.92 Å². The molecular formula is C5H6ClN3OS. The first-order valence-corrected chi connectivity index (χ1v) is 3.01. The summed E-state index contributed by atoms with van der Waals surface area (Å²) in [6.45, 7) is 1.68. The Hall–Kier alpha value is -0.810. The van der Waals surface area contributed by atoms with Crippen molar-refractivity contribution in [3.8, 4) is 5.75 Å². The van der Waals surface area contributed by atoms with Gasteiger partial charge in [0.2, 0.25) is 0 Å². The standard InChI is InChI=1S/C5H5N3OS.ClH/c1-4(10)9-5-2-6-8-7-3-5;/h2-3H,1H3;1H. The Morgan fingerprint density at radius 3 is 2.45 bits per heavy atom. The van der Waals surface area contributed by atoms with Gasteiger partial charge in [0.25, 0.3) is 0 Å². The van der Waals surface area contributed by atoms with Crippen LogP contribution in [0.25, 0.3) is 0 Å². The van der Waals surface area contributed by atoms with Gasteiger partial charge in [0, 0.05) is 6.92 Å². The fourth-order valence-electron chi connectivity index (χ4n) is 0.447. The molecule has 4 nitrogen and oxygen atoms in total. The molecule has 1 heterocycles. The third-order valence-electron chi connectivity index (χ3n) is 0.735. The van der Waals surface area contributed by atoms with Crippen LogP contribution in [0.4, 0.5) is 0 Å². The minimum Gasteiger partial charge on any atom is -0.447 e. The van der Waals surface area contributed by atoms with Crippen molar-refractivity contribution in [2.75, 3.05) is 0 Å². The molecule has 0 unspecified atom stereocenters. The van der Waals surface area contributed by atoms with Crippen LogP contribution < -0.4 is 4.74 Å². The van der Waals surface area contributed by atoms with Gasteiger partial charge in [-0.05, 0) is 17.4 Å². The molecule has 0 saturated heterocycles. The van der Waals surface area contributed by atoms with E-state index in [4.69, 9.17) is 4.74 Å². The summed E-state index contributed by atoms with van der Waals surface area (Å²) in [5, 5.41) is 10.8. The van der Waals surface area contributed by atoms with Crippen molar-refractivity contribution < 1.29 is 4.74 Å². The molecule has 0 aromatic carbocycles. The Balaban J connectivity index is 0.000001000. The second-order valence-corrected chi connectivity index (χ2v) is 2.15. The summed E-state index contributed by atoms with van der Waals surface area (Å²) in [4.78, 5) is 0. The fourth-order valence-corrected chi connectivity index (χ4v) is 0.543. The number of hydrogen-bond acceptors (Lipinski definition) is 5. The fraction of sp³-hybridized carbons (Fsp3) is 0.200. The van der Waals surface area contributed by atoms with E-state index in [1.54, 1.807) is 6.92 Å². The van der Waals surface area contributed by atoms with Crippen LogP contribution in [0, 0.1) is 0 Å². The third-order valence-corrected chi connectivity index (χ3v) is 0.818. The zero-order valence-corrected chi connectivity index (χ0v) is 7.35. The maximum absolute atomic E-state index is 4.98. The maximum Gasteiger partial charge on any atom is 0.168 e. The molecule has 60 valence electrons. The van der Waals surface area contributed by atoms with Gasteiger partial charge in [0.1, 0.15) is 0 Å². The first-order valence-electron chi connectivity index (χ1n) is 2.61. The molecule has 0 amide bonds. The number of thiocarbonyl (C=S) groups is 1. The second kappa shape index (κ2) is 4.92. The molecule has 0 saturated carbocycles. The third kappa shape index (κ3) is 3.79. The number of halogens is 1. The summed E-state index contributed by atoms with van der Waals surface area (Å²) in [6.07, 6.45) is 2.89. The largest absolute Gasteiger partial charge is 0.447 e. The quantitative estimate of drug-likeness (QED) is 0.621. The molecule has 0 N–H and O–H groups in total. The highest BCUT2D eigenvalue weighted by Gasteiger charge is 1.92. The predicted molar refractivity (Wildman–Crippen MR) is 46.0 cm³/mol. The lowest BCUT2D eigenvalue weighted by molar-refractivity contribution is 0.547. The van der Waals surface area contributed by atoms with Gasteiger partial charge >= 0.3 is 0 Å². The maximum atomic E-state index is 4.98. The molecule has 1 aromatic rings. The summed E-state index contributed by atoms with van der Waals surface area (Å²) in [6, 6.07) is 0. The van der Waals surface area contributed by atoms with Crippen molar-refractivity contribution in [1.29, 1.82) is 0 Å². The summed E-state index contributed by atoms with van der Waals surface area (Å²) < 4.78 is 4.98. The Labute approximate surface area is 75.4 Å². The van der Waals surface area contributed by atoms with Gasteiger partial charge in [0.15, 0.2) is 10.8 Å². The van der Waals surface area contributed by atoms with Crippen LogP contribution in [0.1, 0.15) is 6.92 Å². The van der Waals surface area contributed by atoms with Crippen LogP contribution >= 0.6 is 24.6 Å². The van der Waals surface area contributed by atoms with Crippen molar-refractivity contribution in [1.82, 2.24) is 15.4 Å². The lowest BCUT2D eigenvalue weighted by atomic mass is 10.6. The minimum absolute atomic E-state index is 0. The zero-order chi connectivity index (χ0) is 7.40. The molecule has 1 aromatic heterocycles. The molecule has 0 atom stereocenters. The lowest BCUT2D eigenvalue weighted by Gasteiger charge is -1.97. The average Bonchev–Trinajstić information content (AvgIpc) is 1.88. The molecule has 0 radical (unpaired) electrons. The van der Waals surface area contributed by atoms with Gasteiger partial charge in [0.05, 0.1) is 12.4 Å². The number of nitrogens with zero attached hydrogens (tertiary/aromatic N) is 3. The number of rotatable bonds is 1. The van der Waals surface area contributed by atoms with Crippen LogP contribution in [0.5, 0.6) is 5.75 Å². The van der Waals surface area contributed by atoms with Crippen LogP contribution in [0.15, 0.2) is 12.4 Å². The molecule has 6 heteroatoms. The number of hydrogen-bond donors (Lipinski definition) is 0. The minimum atomic E-state index is 0. The summed E-state index contributed by atoms with van der Waals surface area (Å²) in [7, 11) is 0. The van der Waals surface area contributed by atoms with E-state index in [-0.39, 0.29) is 12.4 Å². The van der Waals surface area contributed by atoms with E-state index >= 15 is 0 Å². The van der Waals surface area contributed by atoms with Gasteiger partial charge in [-0.2, -0.15) is 0 Å². The predicted octanol–water partition coefficient (Wildman–Crippen LogP) is 1.02. The first kappa shape index (κ1) is 10.2. The Bertz CT molecular complexity index is 230. The molecule has 0 aliphatic rings. The highest BCUT2D eigenvalue weighted by atomic mass is 35.5. The van der Waals surface area contributed by atoms with Gasteiger partial charge < -0.3 is 4.74 Å². The van der Waals surface area contributed by atoms with Crippen LogP contribution in [-0.4, -0.2) is 20.5 Å². The molecule has 0 aliphatic carbocycles. The highest BCUT2D eigenvalue weighted by molar-refractivity contribution is 7.80. The molecule has 0 aliphatic heterocycles. The Morgan fingerprint density at radius 1 is 1.45 bits per heavy atom. The zero-order valence-electron chi connectivity index (χ0n) is 5.72. The van der Waals surface area contributed by atoms with Crippen molar-refractivity contribution in [3.05, 3.63) is 12.4 Å². The van der Waals surface area contributed by atoms with E-state index in [0.29, 0.717) is 10.8 Å². The van der Waals surface area contributed by atoms with Gasteiger partial charge in [-0.25, -0.2) is 0 Å². The van der Waals surface area contributed by atoms with E-state index in [0.717, 1.165) is 0 Å². The summed E-state index contributed by atoms with van der Waals surface area (Å²) >= 11 is 4.68. The number of ether oxygens (including phenoxy) is 1. The molecule has 1 rings (SSSR count). The van der Waals surface area contributed by atoms with E-state index in [1.807, 2.05) is 0 Å². The van der Waals surface area contributed by atoms with E-state index in [9.17, 15) is 0 Å². The van der Waals surface area contributed by atoms with Crippen LogP contribution in [-0.2, 0) is 0 Å². The monoisotopic (exact) mass is 191 g/mol. The smallest absolute Gasteiger partial charge is 0.168 e. The molecule has 11 heavy (non-hydrogen) atoms. The van der Waals surface area contributed by atoms with E-state index in [2.05, 4.69) is 27.6 Å². The van der Waals surface area contributed by atoms with E-state index < -0.39 is 0 Å². The summed E-state index contributed by atoms with van der Waals surface area (Å²) in [5.41, 5.74) is 0. The van der Waals surface area contributed by atoms with Crippen LogP contribution in [0.3, 0.4) is 0 Å². The molecule has 0 fully saturated rings. The lowest BCUT2D eigenvalue weighted by Crippen LogP contribution is -1.99. The SMILES string of the molecule is CC(=S)Oc1cnnnc1.Cl. The highest BCUT2D eigenvalue weighted by Crippen LogP contribution is 2.02. The second-order valence-electron chi connectivity index (χ2n) is 1.57. The van der Waals surface area contributed by atoms with Crippen molar-refractivity contribution >= 4 is 29.7 Å². The van der Waals surface area contributed by atoms with Crippen molar-refractivity contribution in [2.24, 2.45) is 0 Å². The first-order chi connectivity index (χ1) is 4.79. The molecular weight excluding hydrogens is 186 g/mol. The topological polar surface area (TPSA) is 47.9 Å². The summed E-state index contributed by atoms with van der Waals surface area (Å²) in [5.74, 6) is 0.516.